The van der Waals surface area contributed by atoms with Crippen molar-refractivity contribution in [3.8, 4) is 0 Å². The van der Waals surface area contributed by atoms with Crippen molar-refractivity contribution in [1.82, 2.24) is 10.3 Å². The average Bonchev–Trinajstić information content (AvgIpc) is 2.41. The molecule has 0 spiro atoms. The van der Waals surface area contributed by atoms with Crippen LogP contribution in [0.3, 0.4) is 0 Å². The fourth-order valence-electron chi connectivity index (χ4n) is 2.56. The largest absolute Gasteiger partial charge is 0.356 e. The Balaban J connectivity index is 2.10. The molecule has 1 aliphatic heterocycles. The molecule has 4 heteroatoms. The molecule has 0 aliphatic carbocycles. The number of halogens is 1. The number of aromatic nitrogens is 1. The highest BCUT2D eigenvalue weighted by atomic mass is 35.5. The number of hydrogen-bond donors (Lipinski definition) is 1. The second kappa shape index (κ2) is 6.77. The molecule has 2 atom stereocenters. The minimum absolute atomic E-state index is 0.457. The van der Waals surface area contributed by atoms with Gasteiger partial charge in [0, 0.05) is 31.9 Å². The first-order chi connectivity index (χ1) is 9.47. The van der Waals surface area contributed by atoms with Crippen LogP contribution in [-0.4, -0.2) is 24.1 Å². The fraction of sp³-hybridized carbons (Fsp3) is 0.688. The number of pyridine rings is 1. The summed E-state index contributed by atoms with van der Waals surface area (Å²) < 4.78 is 0. The van der Waals surface area contributed by atoms with Gasteiger partial charge in [-0.3, -0.25) is 0 Å². The number of piperidine rings is 1. The standard InChI is InChI=1S/C16H26ClN3/c1-11(2)18-8-14-7-16(19-9-15(14)17)20-6-5-12(3)13(4)10-20/h7,9,11-13,18H,5-6,8,10H2,1-4H3. The van der Waals surface area contributed by atoms with Gasteiger partial charge < -0.3 is 10.2 Å². The summed E-state index contributed by atoms with van der Waals surface area (Å²) >= 11 is 6.25. The van der Waals surface area contributed by atoms with E-state index in [4.69, 9.17) is 11.6 Å². The molecule has 2 rings (SSSR count). The van der Waals surface area contributed by atoms with Crippen molar-refractivity contribution in [3.05, 3.63) is 22.8 Å². The van der Waals surface area contributed by atoms with Gasteiger partial charge in [0.15, 0.2) is 0 Å². The van der Waals surface area contributed by atoms with Gasteiger partial charge in [0.25, 0.3) is 0 Å². The molecule has 1 aromatic rings. The van der Waals surface area contributed by atoms with Gasteiger partial charge in [0.1, 0.15) is 5.82 Å². The molecule has 3 nitrogen and oxygen atoms in total. The SMILES string of the molecule is CC(C)NCc1cc(N2CCC(C)C(C)C2)ncc1Cl. The molecular weight excluding hydrogens is 270 g/mol. The zero-order valence-electron chi connectivity index (χ0n) is 13.0. The topological polar surface area (TPSA) is 28.2 Å². The predicted octanol–water partition coefficient (Wildman–Crippen LogP) is 3.72. The Morgan fingerprint density at radius 2 is 2.15 bits per heavy atom. The molecule has 1 aliphatic rings. The first-order valence-electron chi connectivity index (χ1n) is 7.60. The molecule has 1 saturated heterocycles. The van der Waals surface area contributed by atoms with Crippen LogP contribution in [0.15, 0.2) is 12.3 Å². The zero-order valence-corrected chi connectivity index (χ0v) is 13.7. The summed E-state index contributed by atoms with van der Waals surface area (Å²) in [5, 5.41) is 4.17. The number of nitrogens with zero attached hydrogens (tertiary/aromatic N) is 2. The Kier molecular flexibility index (Phi) is 5.28. The predicted molar refractivity (Wildman–Crippen MR) is 86.4 cm³/mol. The van der Waals surface area contributed by atoms with Gasteiger partial charge >= 0.3 is 0 Å². The Morgan fingerprint density at radius 1 is 1.40 bits per heavy atom. The van der Waals surface area contributed by atoms with Gasteiger partial charge in [-0.25, -0.2) is 4.98 Å². The van der Waals surface area contributed by atoms with Gasteiger partial charge in [-0.2, -0.15) is 0 Å². The minimum atomic E-state index is 0.457. The van der Waals surface area contributed by atoms with E-state index in [9.17, 15) is 0 Å². The summed E-state index contributed by atoms with van der Waals surface area (Å²) in [5.74, 6) is 2.59. The summed E-state index contributed by atoms with van der Waals surface area (Å²) in [6, 6.07) is 2.60. The van der Waals surface area contributed by atoms with Crippen LogP contribution in [-0.2, 0) is 6.54 Å². The molecule has 112 valence electrons. The Labute approximate surface area is 127 Å². The van der Waals surface area contributed by atoms with E-state index in [0.29, 0.717) is 6.04 Å². The third kappa shape index (κ3) is 3.86. The van der Waals surface area contributed by atoms with Crippen LogP contribution in [0.25, 0.3) is 0 Å². The molecule has 0 bridgehead atoms. The molecule has 0 saturated carbocycles. The molecule has 2 unspecified atom stereocenters. The highest BCUT2D eigenvalue weighted by Gasteiger charge is 2.23. The quantitative estimate of drug-likeness (QED) is 0.918. The Morgan fingerprint density at radius 3 is 2.80 bits per heavy atom. The van der Waals surface area contributed by atoms with E-state index in [2.05, 4.69) is 49.0 Å². The summed E-state index contributed by atoms with van der Waals surface area (Å²) in [4.78, 5) is 6.90. The third-order valence-electron chi connectivity index (χ3n) is 4.28. The summed E-state index contributed by atoms with van der Waals surface area (Å²) in [6.07, 6.45) is 3.03. The lowest BCUT2D eigenvalue weighted by Gasteiger charge is -2.36. The zero-order chi connectivity index (χ0) is 14.7. The molecule has 20 heavy (non-hydrogen) atoms. The Bertz CT molecular complexity index is 447. The van der Waals surface area contributed by atoms with Crippen molar-refractivity contribution in [2.45, 2.75) is 46.7 Å². The van der Waals surface area contributed by atoms with Crippen LogP contribution >= 0.6 is 11.6 Å². The average molecular weight is 296 g/mol. The van der Waals surface area contributed by atoms with Crippen molar-refractivity contribution >= 4 is 17.4 Å². The maximum absolute atomic E-state index is 6.25. The molecule has 1 N–H and O–H groups in total. The third-order valence-corrected chi connectivity index (χ3v) is 4.62. The lowest BCUT2D eigenvalue weighted by molar-refractivity contribution is 0.323. The van der Waals surface area contributed by atoms with E-state index in [1.54, 1.807) is 6.20 Å². The lowest BCUT2D eigenvalue weighted by atomic mass is 9.89. The van der Waals surface area contributed by atoms with Gasteiger partial charge in [-0.15, -0.1) is 0 Å². The Hall–Kier alpha value is -0.800. The fourth-order valence-corrected chi connectivity index (χ4v) is 2.73. The number of rotatable bonds is 4. The normalized spacial score (nSPS) is 23.4. The van der Waals surface area contributed by atoms with Crippen LogP contribution in [0.4, 0.5) is 5.82 Å². The van der Waals surface area contributed by atoms with Gasteiger partial charge in [-0.05, 0) is 29.9 Å². The van der Waals surface area contributed by atoms with Crippen LogP contribution in [0.2, 0.25) is 5.02 Å². The summed E-state index contributed by atoms with van der Waals surface area (Å²) in [7, 11) is 0. The van der Waals surface area contributed by atoms with E-state index < -0.39 is 0 Å². The van der Waals surface area contributed by atoms with Crippen molar-refractivity contribution < 1.29 is 0 Å². The van der Waals surface area contributed by atoms with E-state index in [-0.39, 0.29) is 0 Å². The van der Waals surface area contributed by atoms with Gasteiger partial charge in [0.05, 0.1) is 5.02 Å². The maximum Gasteiger partial charge on any atom is 0.128 e. The molecule has 0 radical (unpaired) electrons. The van der Waals surface area contributed by atoms with Crippen LogP contribution in [0, 0.1) is 11.8 Å². The maximum atomic E-state index is 6.25. The molecule has 2 heterocycles. The van der Waals surface area contributed by atoms with Crippen molar-refractivity contribution in [3.63, 3.8) is 0 Å². The van der Waals surface area contributed by atoms with Crippen LogP contribution in [0.5, 0.6) is 0 Å². The molecular formula is C16H26ClN3. The highest BCUT2D eigenvalue weighted by Crippen LogP contribution is 2.27. The van der Waals surface area contributed by atoms with E-state index >= 15 is 0 Å². The first-order valence-corrected chi connectivity index (χ1v) is 7.98. The molecule has 0 aromatic carbocycles. The smallest absolute Gasteiger partial charge is 0.128 e. The second-order valence-corrected chi connectivity index (χ2v) is 6.77. The van der Waals surface area contributed by atoms with E-state index in [1.807, 2.05) is 0 Å². The van der Waals surface area contributed by atoms with Crippen molar-refractivity contribution in [1.29, 1.82) is 0 Å². The highest BCUT2D eigenvalue weighted by molar-refractivity contribution is 6.31. The molecule has 1 fully saturated rings. The minimum Gasteiger partial charge on any atom is -0.356 e. The van der Waals surface area contributed by atoms with E-state index in [0.717, 1.165) is 47.9 Å². The van der Waals surface area contributed by atoms with Gasteiger partial charge in [-0.1, -0.05) is 39.3 Å². The monoisotopic (exact) mass is 295 g/mol. The number of anilines is 1. The second-order valence-electron chi connectivity index (χ2n) is 6.36. The summed E-state index contributed by atoms with van der Waals surface area (Å²) in [6.45, 7) is 11.9. The lowest BCUT2D eigenvalue weighted by Crippen LogP contribution is -2.39. The number of nitrogens with one attached hydrogen (secondary N) is 1. The van der Waals surface area contributed by atoms with Gasteiger partial charge in [0.2, 0.25) is 0 Å². The van der Waals surface area contributed by atoms with Crippen molar-refractivity contribution in [2.75, 3.05) is 18.0 Å². The van der Waals surface area contributed by atoms with E-state index in [1.165, 1.54) is 6.42 Å². The molecule has 1 aromatic heterocycles. The number of hydrogen-bond acceptors (Lipinski definition) is 3. The molecule has 0 amide bonds. The van der Waals surface area contributed by atoms with Crippen molar-refractivity contribution in [2.24, 2.45) is 11.8 Å². The van der Waals surface area contributed by atoms with Crippen LogP contribution in [0.1, 0.15) is 39.7 Å². The van der Waals surface area contributed by atoms with Crippen LogP contribution < -0.4 is 10.2 Å². The first kappa shape index (κ1) is 15.6. The summed E-state index contributed by atoms with van der Waals surface area (Å²) in [5.41, 5.74) is 1.14.